The number of aromatic nitrogens is 3. The fourth-order valence-corrected chi connectivity index (χ4v) is 3.28. The standard InChI is InChI=1S/C14H20N4O4/c1-2-3-11(15-8-19)9-4-6-10(7-5-9)18-13(21)16-12(20)17-14(18)22/h9-11H,2-7H2,1H3,(H2,16,17,20,21,22). The molecule has 0 aliphatic heterocycles. The van der Waals surface area contributed by atoms with E-state index < -0.39 is 17.1 Å². The molecular weight excluding hydrogens is 288 g/mol. The monoisotopic (exact) mass is 308 g/mol. The van der Waals surface area contributed by atoms with Crippen LogP contribution in [0.3, 0.4) is 0 Å². The molecule has 8 nitrogen and oxygen atoms in total. The quantitative estimate of drug-likeness (QED) is 0.607. The second-order valence-corrected chi connectivity index (χ2v) is 5.70. The molecule has 2 N–H and O–H groups in total. The van der Waals surface area contributed by atoms with Crippen molar-refractivity contribution in [3.8, 4) is 0 Å². The summed E-state index contributed by atoms with van der Waals surface area (Å²) in [5.41, 5.74) is -2.13. The lowest BCUT2D eigenvalue weighted by Gasteiger charge is -2.31. The summed E-state index contributed by atoms with van der Waals surface area (Å²) in [4.78, 5) is 53.2. The van der Waals surface area contributed by atoms with Crippen LogP contribution >= 0.6 is 0 Å². The Balaban J connectivity index is 2.12. The number of H-pyrrole nitrogens is 2. The van der Waals surface area contributed by atoms with Gasteiger partial charge >= 0.3 is 17.1 Å². The minimum atomic E-state index is -0.789. The highest BCUT2D eigenvalue weighted by Crippen LogP contribution is 2.34. The number of isocyanates is 1. The molecule has 0 saturated heterocycles. The predicted octanol–water partition coefficient (Wildman–Crippen LogP) is 0.461. The van der Waals surface area contributed by atoms with Gasteiger partial charge in [0.25, 0.3) is 0 Å². The van der Waals surface area contributed by atoms with E-state index in [-0.39, 0.29) is 18.0 Å². The van der Waals surface area contributed by atoms with Crippen LogP contribution < -0.4 is 17.1 Å². The number of carbonyl (C=O) groups excluding carboxylic acids is 1. The van der Waals surface area contributed by atoms with Crippen molar-refractivity contribution >= 4 is 6.08 Å². The van der Waals surface area contributed by atoms with Crippen LogP contribution in [-0.4, -0.2) is 26.7 Å². The summed E-state index contributed by atoms with van der Waals surface area (Å²) in [5.74, 6) is 0.273. The summed E-state index contributed by atoms with van der Waals surface area (Å²) in [5, 5.41) is 0. The molecule has 1 fully saturated rings. The molecule has 120 valence electrons. The Kier molecular flexibility index (Phi) is 5.27. The molecule has 1 saturated carbocycles. The van der Waals surface area contributed by atoms with Gasteiger partial charge < -0.3 is 0 Å². The molecule has 2 rings (SSSR count). The van der Waals surface area contributed by atoms with Gasteiger partial charge in [0.2, 0.25) is 6.08 Å². The predicted molar refractivity (Wildman–Crippen MR) is 79.8 cm³/mol. The molecule has 0 spiro atoms. The molecule has 1 aromatic heterocycles. The number of nitrogens with zero attached hydrogens (tertiary/aromatic N) is 2. The molecule has 0 amide bonds. The molecular formula is C14H20N4O4. The van der Waals surface area contributed by atoms with Gasteiger partial charge in [-0.15, -0.1) is 0 Å². The zero-order chi connectivity index (χ0) is 16.1. The van der Waals surface area contributed by atoms with Gasteiger partial charge in [0.05, 0.1) is 6.04 Å². The number of nitrogens with one attached hydrogen (secondary N) is 2. The number of hydrogen-bond donors (Lipinski definition) is 2. The third-order valence-electron chi connectivity index (χ3n) is 4.33. The van der Waals surface area contributed by atoms with Crippen LogP contribution in [0.1, 0.15) is 51.5 Å². The number of rotatable bonds is 5. The first kappa shape index (κ1) is 16.2. The first-order chi connectivity index (χ1) is 10.6. The van der Waals surface area contributed by atoms with Crippen molar-refractivity contribution in [3.05, 3.63) is 31.5 Å². The molecule has 8 heteroatoms. The fraction of sp³-hybridized carbons (Fsp3) is 0.714. The van der Waals surface area contributed by atoms with Gasteiger partial charge in [-0.25, -0.2) is 28.7 Å². The van der Waals surface area contributed by atoms with E-state index >= 15 is 0 Å². The minimum absolute atomic E-state index is 0.0333. The second kappa shape index (κ2) is 7.17. The van der Waals surface area contributed by atoms with E-state index in [1.807, 2.05) is 6.92 Å². The molecule has 1 aromatic rings. The summed E-state index contributed by atoms with van der Waals surface area (Å²) < 4.78 is 1.08. The van der Waals surface area contributed by atoms with Crippen molar-refractivity contribution in [3.63, 3.8) is 0 Å². The molecule has 0 bridgehead atoms. The maximum atomic E-state index is 11.8. The van der Waals surface area contributed by atoms with Crippen molar-refractivity contribution in [2.45, 2.75) is 57.5 Å². The third-order valence-corrected chi connectivity index (χ3v) is 4.33. The van der Waals surface area contributed by atoms with Gasteiger partial charge in [-0.2, -0.15) is 0 Å². The Morgan fingerprint density at radius 2 is 1.77 bits per heavy atom. The number of hydrogen-bond acceptors (Lipinski definition) is 5. The van der Waals surface area contributed by atoms with Crippen molar-refractivity contribution in [1.82, 2.24) is 14.5 Å². The van der Waals surface area contributed by atoms with E-state index in [1.54, 1.807) is 6.08 Å². The van der Waals surface area contributed by atoms with E-state index in [1.165, 1.54) is 0 Å². The largest absolute Gasteiger partial charge is 0.333 e. The zero-order valence-corrected chi connectivity index (χ0v) is 12.5. The molecule has 0 aromatic carbocycles. The SMILES string of the molecule is CCCC(N=C=O)C1CCC(n2c(=O)[nH]c(=O)[nH]c2=O)CC1. The van der Waals surface area contributed by atoms with Crippen LogP contribution in [0.25, 0.3) is 0 Å². The lowest BCUT2D eigenvalue weighted by atomic mass is 9.80. The van der Waals surface area contributed by atoms with Crippen molar-refractivity contribution in [2.75, 3.05) is 0 Å². The van der Waals surface area contributed by atoms with Crippen molar-refractivity contribution in [1.29, 1.82) is 0 Å². The average Bonchev–Trinajstić information content (AvgIpc) is 2.47. The van der Waals surface area contributed by atoms with E-state index in [0.717, 1.165) is 30.3 Å². The summed E-state index contributed by atoms with van der Waals surface area (Å²) >= 11 is 0. The van der Waals surface area contributed by atoms with Crippen LogP contribution in [0, 0.1) is 5.92 Å². The summed E-state index contributed by atoms with van der Waals surface area (Å²) in [7, 11) is 0. The Morgan fingerprint density at radius 1 is 1.18 bits per heavy atom. The topological polar surface area (TPSA) is 117 Å². The van der Waals surface area contributed by atoms with Gasteiger partial charge in [-0.3, -0.25) is 9.97 Å². The zero-order valence-electron chi connectivity index (χ0n) is 12.5. The lowest BCUT2D eigenvalue weighted by Crippen LogP contribution is -2.46. The van der Waals surface area contributed by atoms with Crippen molar-refractivity contribution in [2.24, 2.45) is 10.9 Å². The Hall–Kier alpha value is -2.21. The highest BCUT2D eigenvalue weighted by atomic mass is 16.2. The summed E-state index contributed by atoms with van der Waals surface area (Å²) in [6.07, 6.45) is 6.28. The minimum Gasteiger partial charge on any atom is -0.259 e. The molecule has 22 heavy (non-hydrogen) atoms. The molecule has 1 unspecified atom stereocenters. The van der Waals surface area contributed by atoms with Crippen LogP contribution in [0.2, 0.25) is 0 Å². The van der Waals surface area contributed by atoms with Crippen LogP contribution in [0.15, 0.2) is 19.4 Å². The Morgan fingerprint density at radius 3 is 2.27 bits per heavy atom. The van der Waals surface area contributed by atoms with Gasteiger partial charge in [-0.1, -0.05) is 13.3 Å². The highest BCUT2D eigenvalue weighted by molar-refractivity contribution is 5.33. The van der Waals surface area contributed by atoms with Gasteiger partial charge in [0.1, 0.15) is 0 Å². The number of aromatic amines is 2. The van der Waals surface area contributed by atoms with E-state index in [9.17, 15) is 19.2 Å². The average molecular weight is 308 g/mol. The van der Waals surface area contributed by atoms with Crippen LogP contribution in [0.4, 0.5) is 0 Å². The van der Waals surface area contributed by atoms with Crippen LogP contribution in [-0.2, 0) is 4.79 Å². The normalized spacial score (nSPS) is 22.8. The number of aliphatic imine (C=N–C) groups is 1. The highest BCUT2D eigenvalue weighted by Gasteiger charge is 2.29. The first-order valence-electron chi connectivity index (χ1n) is 7.59. The first-order valence-corrected chi connectivity index (χ1v) is 7.59. The molecule has 0 radical (unpaired) electrons. The fourth-order valence-electron chi connectivity index (χ4n) is 3.28. The van der Waals surface area contributed by atoms with Gasteiger partial charge in [0.15, 0.2) is 0 Å². The lowest BCUT2D eigenvalue weighted by molar-refractivity contribution is 0.229. The third kappa shape index (κ3) is 3.51. The van der Waals surface area contributed by atoms with Crippen LogP contribution in [0.5, 0.6) is 0 Å². The molecule has 1 aliphatic carbocycles. The van der Waals surface area contributed by atoms with E-state index in [2.05, 4.69) is 15.0 Å². The maximum Gasteiger partial charge on any atom is 0.333 e. The molecule has 1 aliphatic rings. The van der Waals surface area contributed by atoms with E-state index in [0.29, 0.717) is 12.8 Å². The smallest absolute Gasteiger partial charge is 0.259 e. The molecule has 1 atom stereocenters. The summed E-state index contributed by atoms with van der Waals surface area (Å²) in [6.45, 7) is 2.04. The second-order valence-electron chi connectivity index (χ2n) is 5.70. The summed E-state index contributed by atoms with van der Waals surface area (Å²) in [6, 6.07) is -0.263. The molecule has 1 heterocycles. The van der Waals surface area contributed by atoms with E-state index in [4.69, 9.17) is 0 Å². The van der Waals surface area contributed by atoms with Gasteiger partial charge in [-0.05, 0) is 38.0 Å². The maximum absolute atomic E-state index is 11.8. The van der Waals surface area contributed by atoms with Crippen molar-refractivity contribution < 1.29 is 4.79 Å². The Bertz CT molecular complexity index is 683. The Labute approximate surface area is 126 Å². The van der Waals surface area contributed by atoms with Gasteiger partial charge in [0, 0.05) is 6.04 Å².